The van der Waals surface area contributed by atoms with Gasteiger partial charge in [-0.15, -0.1) is 0 Å². The molecule has 0 bridgehead atoms. The minimum absolute atomic E-state index is 0.621. The number of hydrogen-bond donors (Lipinski definition) is 1. The summed E-state index contributed by atoms with van der Waals surface area (Å²) < 4.78 is 6.13. The maximum absolute atomic E-state index is 5.12. The van der Waals surface area contributed by atoms with Gasteiger partial charge in [0.2, 0.25) is 0 Å². The zero-order valence-electron chi connectivity index (χ0n) is 9.12. The standard InChI is InChI=1S/C11H12BrN3O/c1-7-9(12)3-4-11(15-7)13-5-10-8(2)16-6-14-10/h3-4,6H,5H2,1-2H3,(H,13,15). The molecular formula is C11H12BrN3O. The van der Waals surface area contributed by atoms with Gasteiger partial charge in [0, 0.05) is 4.47 Å². The summed E-state index contributed by atoms with van der Waals surface area (Å²) in [5.41, 5.74) is 1.87. The fraction of sp³-hybridized carbons (Fsp3) is 0.273. The molecule has 0 atom stereocenters. The van der Waals surface area contributed by atoms with Gasteiger partial charge in [-0.1, -0.05) is 0 Å². The SMILES string of the molecule is Cc1nc(NCc2ncoc2C)ccc1Br. The molecule has 0 unspecified atom stereocenters. The van der Waals surface area contributed by atoms with Crippen LogP contribution >= 0.6 is 15.9 Å². The number of halogens is 1. The Labute approximate surface area is 102 Å². The van der Waals surface area contributed by atoms with E-state index in [4.69, 9.17) is 4.42 Å². The molecule has 0 saturated carbocycles. The summed E-state index contributed by atoms with van der Waals surface area (Å²) in [6.45, 7) is 4.47. The van der Waals surface area contributed by atoms with Gasteiger partial charge < -0.3 is 9.73 Å². The Kier molecular flexibility index (Phi) is 3.24. The van der Waals surface area contributed by atoms with Gasteiger partial charge in [-0.2, -0.15) is 0 Å². The van der Waals surface area contributed by atoms with E-state index in [1.807, 2.05) is 26.0 Å². The van der Waals surface area contributed by atoms with Gasteiger partial charge in [0.05, 0.1) is 12.2 Å². The predicted molar refractivity (Wildman–Crippen MR) is 65.2 cm³/mol. The summed E-state index contributed by atoms with van der Waals surface area (Å²) in [5.74, 6) is 1.67. The first-order chi connectivity index (χ1) is 7.66. The lowest BCUT2D eigenvalue weighted by Gasteiger charge is -2.05. The van der Waals surface area contributed by atoms with Crippen molar-refractivity contribution in [2.45, 2.75) is 20.4 Å². The number of aromatic nitrogens is 2. The van der Waals surface area contributed by atoms with Crippen LogP contribution in [-0.2, 0) is 6.54 Å². The lowest BCUT2D eigenvalue weighted by Crippen LogP contribution is -2.03. The van der Waals surface area contributed by atoms with Gasteiger partial charge in [-0.05, 0) is 41.9 Å². The van der Waals surface area contributed by atoms with E-state index >= 15 is 0 Å². The molecule has 0 aromatic carbocycles. The number of anilines is 1. The summed E-state index contributed by atoms with van der Waals surface area (Å²) in [4.78, 5) is 8.49. The van der Waals surface area contributed by atoms with Crippen LogP contribution in [0, 0.1) is 13.8 Å². The summed E-state index contributed by atoms with van der Waals surface area (Å²) in [5, 5.41) is 3.20. The largest absolute Gasteiger partial charge is 0.448 e. The van der Waals surface area contributed by atoms with Crippen LogP contribution in [0.5, 0.6) is 0 Å². The van der Waals surface area contributed by atoms with Crippen LogP contribution in [0.3, 0.4) is 0 Å². The molecule has 4 nitrogen and oxygen atoms in total. The minimum Gasteiger partial charge on any atom is -0.448 e. The van der Waals surface area contributed by atoms with Gasteiger partial charge in [-0.25, -0.2) is 9.97 Å². The number of nitrogens with one attached hydrogen (secondary N) is 1. The molecule has 0 aliphatic heterocycles. The first-order valence-corrected chi connectivity index (χ1v) is 5.72. The predicted octanol–water partition coefficient (Wildman–Crippen LogP) is 3.06. The third kappa shape index (κ3) is 2.41. The second kappa shape index (κ2) is 4.65. The van der Waals surface area contributed by atoms with Gasteiger partial charge in [0.1, 0.15) is 17.3 Å². The van der Waals surface area contributed by atoms with Crippen molar-refractivity contribution in [1.82, 2.24) is 9.97 Å². The maximum atomic E-state index is 5.12. The monoisotopic (exact) mass is 281 g/mol. The average molecular weight is 282 g/mol. The van der Waals surface area contributed by atoms with E-state index in [2.05, 4.69) is 31.2 Å². The molecule has 0 amide bonds. The van der Waals surface area contributed by atoms with E-state index in [0.29, 0.717) is 6.54 Å². The van der Waals surface area contributed by atoms with Crippen molar-refractivity contribution in [2.75, 3.05) is 5.32 Å². The van der Waals surface area contributed by atoms with Crippen molar-refractivity contribution in [2.24, 2.45) is 0 Å². The van der Waals surface area contributed by atoms with Crippen LogP contribution in [0.4, 0.5) is 5.82 Å². The third-order valence-electron chi connectivity index (χ3n) is 2.30. The fourth-order valence-electron chi connectivity index (χ4n) is 1.31. The van der Waals surface area contributed by atoms with Crippen LogP contribution in [-0.4, -0.2) is 9.97 Å². The average Bonchev–Trinajstić information content (AvgIpc) is 2.66. The highest BCUT2D eigenvalue weighted by Gasteiger charge is 2.03. The van der Waals surface area contributed by atoms with E-state index in [0.717, 1.165) is 27.4 Å². The molecule has 0 aliphatic rings. The zero-order valence-corrected chi connectivity index (χ0v) is 10.7. The van der Waals surface area contributed by atoms with Crippen molar-refractivity contribution in [1.29, 1.82) is 0 Å². The number of pyridine rings is 1. The van der Waals surface area contributed by atoms with E-state index < -0.39 is 0 Å². The molecule has 2 aromatic heterocycles. The quantitative estimate of drug-likeness (QED) is 0.940. The van der Waals surface area contributed by atoms with Crippen molar-refractivity contribution in [3.05, 3.63) is 40.1 Å². The van der Waals surface area contributed by atoms with Crippen LogP contribution < -0.4 is 5.32 Å². The molecule has 2 rings (SSSR count). The van der Waals surface area contributed by atoms with Gasteiger partial charge in [0.25, 0.3) is 0 Å². The molecule has 0 aliphatic carbocycles. The number of aryl methyl sites for hydroxylation is 2. The minimum atomic E-state index is 0.621. The highest BCUT2D eigenvalue weighted by molar-refractivity contribution is 9.10. The fourth-order valence-corrected chi connectivity index (χ4v) is 1.54. The number of nitrogens with zero attached hydrogens (tertiary/aromatic N) is 2. The summed E-state index contributed by atoms with van der Waals surface area (Å²) in [6.07, 6.45) is 1.45. The summed E-state index contributed by atoms with van der Waals surface area (Å²) >= 11 is 3.41. The Hall–Kier alpha value is -1.36. The van der Waals surface area contributed by atoms with E-state index in [1.165, 1.54) is 6.39 Å². The van der Waals surface area contributed by atoms with E-state index in [1.54, 1.807) is 0 Å². The lowest BCUT2D eigenvalue weighted by atomic mass is 10.3. The molecule has 0 spiro atoms. The highest BCUT2D eigenvalue weighted by atomic mass is 79.9. The maximum Gasteiger partial charge on any atom is 0.181 e. The molecule has 5 heteroatoms. The Balaban J connectivity index is 2.05. The van der Waals surface area contributed by atoms with Crippen molar-refractivity contribution in [3.8, 4) is 0 Å². The Morgan fingerprint density at radius 3 is 2.81 bits per heavy atom. The molecule has 16 heavy (non-hydrogen) atoms. The number of rotatable bonds is 3. The van der Waals surface area contributed by atoms with Crippen LogP contribution in [0.1, 0.15) is 17.1 Å². The van der Waals surface area contributed by atoms with Crippen LogP contribution in [0.2, 0.25) is 0 Å². The van der Waals surface area contributed by atoms with Gasteiger partial charge in [-0.3, -0.25) is 0 Å². The Morgan fingerprint density at radius 2 is 2.19 bits per heavy atom. The van der Waals surface area contributed by atoms with Crippen molar-refractivity contribution >= 4 is 21.7 Å². The second-order valence-electron chi connectivity index (χ2n) is 3.47. The van der Waals surface area contributed by atoms with E-state index in [9.17, 15) is 0 Å². The molecule has 0 saturated heterocycles. The van der Waals surface area contributed by atoms with Crippen molar-refractivity contribution in [3.63, 3.8) is 0 Å². The summed E-state index contributed by atoms with van der Waals surface area (Å²) in [7, 11) is 0. The highest BCUT2D eigenvalue weighted by Crippen LogP contribution is 2.16. The van der Waals surface area contributed by atoms with E-state index in [-0.39, 0.29) is 0 Å². The molecule has 0 fully saturated rings. The van der Waals surface area contributed by atoms with Crippen molar-refractivity contribution < 1.29 is 4.42 Å². The molecule has 1 N–H and O–H groups in total. The third-order valence-corrected chi connectivity index (χ3v) is 3.14. The Bertz CT molecular complexity index is 496. The molecule has 2 heterocycles. The topological polar surface area (TPSA) is 51.0 Å². The lowest BCUT2D eigenvalue weighted by molar-refractivity contribution is 0.524. The van der Waals surface area contributed by atoms with Crippen LogP contribution in [0.15, 0.2) is 27.4 Å². The molecule has 84 valence electrons. The first kappa shape index (κ1) is 11.1. The zero-order chi connectivity index (χ0) is 11.5. The Morgan fingerprint density at radius 1 is 1.38 bits per heavy atom. The normalized spacial score (nSPS) is 10.4. The van der Waals surface area contributed by atoms with Crippen LogP contribution in [0.25, 0.3) is 0 Å². The number of hydrogen-bond acceptors (Lipinski definition) is 4. The molecule has 0 radical (unpaired) electrons. The van der Waals surface area contributed by atoms with Gasteiger partial charge >= 0.3 is 0 Å². The second-order valence-corrected chi connectivity index (χ2v) is 4.33. The summed E-state index contributed by atoms with van der Waals surface area (Å²) in [6, 6.07) is 3.90. The van der Waals surface area contributed by atoms with Gasteiger partial charge in [0.15, 0.2) is 6.39 Å². The first-order valence-electron chi connectivity index (χ1n) is 4.93. The molecular weight excluding hydrogens is 270 g/mol. The molecule has 2 aromatic rings. The number of oxazole rings is 1. The smallest absolute Gasteiger partial charge is 0.181 e.